The lowest BCUT2D eigenvalue weighted by atomic mass is 10.1. The van der Waals surface area contributed by atoms with Gasteiger partial charge in [0.2, 0.25) is 0 Å². The molecule has 0 radical (unpaired) electrons. The topological polar surface area (TPSA) is 87.2 Å². The van der Waals surface area contributed by atoms with E-state index in [1.165, 1.54) is 9.80 Å². The van der Waals surface area contributed by atoms with Crippen LogP contribution in [0, 0.1) is 0 Å². The van der Waals surface area contributed by atoms with E-state index in [0.717, 1.165) is 0 Å². The first-order valence-corrected chi connectivity index (χ1v) is 12.5. The number of hydrogen-bond donors (Lipinski definition) is 1. The molecule has 1 aromatic rings. The van der Waals surface area contributed by atoms with E-state index in [0.29, 0.717) is 17.5 Å². The molecular formula is C20H28N2O5Si. The Morgan fingerprint density at radius 3 is 2.18 bits per heavy atom. The molecule has 2 aliphatic rings. The fourth-order valence-corrected chi connectivity index (χ4v) is 4.93. The first-order valence-electron chi connectivity index (χ1n) is 9.55. The van der Waals surface area contributed by atoms with Gasteiger partial charge in [-0.3, -0.25) is 14.5 Å². The Morgan fingerprint density at radius 2 is 1.71 bits per heavy atom. The van der Waals surface area contributed by atoms with E-state index < -0.39 is 20.5 Å². The van der Waals surface area contributed by atoms with Crippen molar-refractivity contribution in [3.8, 4) is 0 Å². The largest absolute Gasteiger partial charge is 0.465 e. The third-order valence-electron chi connectivity index (χ3n) is 6.16. The fraction of sp³-hybridized carbons (Fsp3) is 0.550. The number of rotatable bonds is 4. The molecule has 0 spiro atoms. The summed E-state index contributed by atoms with van der Waals surface area (Å²) < 4.78 is 6.40. The molecule has 1 saturated heterocycles. The Bertz CT molecular complexity index is 782. The number of nitrogens with zero attached hydrogens (tertiary/aromatic N) is 2. The number of carboxylic acid groups (broad SMARTS) is 1. The van der Waals surface area contributed by atoms with E-state index in [4.69, 9.17) is 4.43 Å². The average Bonchev–Trinajstić information content (AvgIpc) is 3.09. The molecule has 1 aromatic carbocycles. The molecule has 0 bridgehead atoms. The lowest BCUT2D eigenvalue weighted by Crippen LogP contribution is -2.45. The first-order chi connectivity index (χ1) is 12.9. The molecule has 0 aromatic heterocycles. The van der Waals surface area contributed by atoms with Gasteiger partial charge < -0.3 is 14.4 Å². The number of benzene rings is 1. The van der Waals surface area contributed by atoms with Crippen molar-refractivity contribution in [1.82, 2.24) is 9.80 Å². The molecule has 2 aliphatic heterocycles. The fourth-order valence-electron chi connectivity index (χ4n) is 3.58. The van der Waals surface area contributed by atoms with E-state index in [2.05, 4.69) is 33.9 Å². The van der Waals surface area contributed by atoms with Gasteiger partial charge in [0.05, 0.1) is 29.8 Å². The second kappa shape index (κ2) is 7.00. The third kappa shape index (κ3) is 3.58. The lowest BCUT2D eigenvalue weighted by Gasteiger charge is -2.38. The summed E-state index contributed by atoms with van der Waals surface area (Å²) in [5.74, 6) is -0.723. The van der Waals surface area contributed by atoms with E-state index in [1.54, 1.807) is 24.3 Å². The summed E-state index contributed by atoms with van der Waals surface area (Å²) >= 11 is 0. The number of amides is 3. The highest BCUT2D eigenvalue weighted by Gasteiger charge is 2.45. The monoisotopic (exact) mass is 404 g/mol. The standard InChI is InChI=1S/C20H28N2O5Si/c1-20(2,3)28(4,5)27-14-10-13(21(12-14)19(25)26)11-22-17(23)15-8-6-7-9-16(15)18(22)24/h6-9,13-14H,10-12H2,1-5H3,(H,25,26)/t13-,14-/m0/s1. The summed E-state index contributed by atoms with van der Waals surface area (Å²) in [6.07, 6.45) is -0.799. The molecule has 0 aliphatic carbocycles. The smallest absolute Gasteiger partial charge is 0.407 e. The van der Waals surface area contributed by atoms with Crippen LogP contribution in [0.4, 0.5) is 4.79 Å². The van der Waals surface area contributed by atoms with Gasteiger partial charge in [-0.1, -0.05) is 32.9 Å². The van der Waals surface area contributed by atoms with Crippen LogP contribution in [-0.2, 0) is 4.43 Å². The van der Waals surface area contributed by atoms with Crippen molar-refractivity contribution in [3.63, 3.8) is 0 Å². The Morgan fingerprint density at radius 1 is 1.18 bits per heavy atom. The SMILES string of the molecule is CC(C)(C)[Si](C)(C)O[C@H]1C[C@@H](CN2C(=O)c3ccccc3C2=O)N(C(=O)O)C1. The van der Waals surface area contributed by atoms with Gasteiger partial charge in [0.25, 0.3) is 11.8 Å². The van der Waals surface area contributed by atoms with Gasteiger partial charge >= 0.3 is 6.09 Å². The zero-order valence-corrected chi connectivity index (χ0v) is 18.1. The third-order valence-corrected chi connectivity index (χ3v) is 10.7. The van der Waals surface area contributed by atoms with Crippen molar-refractivity contribution in [2.45, 2.75) is 57.5 Å². The second-order valence-corrected chi connectivity index (χ2v) is 13.8. The summed E-state index contributed by atoms with van der Waals surface area (Å²) in [6, 6.07) is 6.23. The number of imide groups is 1. The number of hydrogen-bond acceptors (Lipinski definition) is 4. The molecule has 2 heterocycles. The minimum atomic E-state index is -2.05. The Kier molecular flexibility index (Phi) is 5.14. The molecule has 8 heteroatoms. The number of fused-ring (bicyclic) bond motifs is 1. The summed E-state index contributed by atoms with van der Waals surface area (Å²) in [5, 5.41) is 9.65. The molecule has 0 unspecified atom stereocenters. The zero-order valence-electron chi connectivity index (χ0n) is 17.1. The van der Waals surface area contributed by atoms with Crippen LogP contribution in [-0.4, -0.2) is 66.4 Å². The Hall–Kier alpha value is -2.19. The Labute approximate surface area is 166 Å². The van der Waals surface area contributed by atoms with Crippen molar-refractivity contribution >= 4 is 26.2 Å². The lowest BCUT2D eigenvalue weighted by molar-refractivity contribution is 0.0603. The molecule has 152 valence electrons. The molecule has 3 amide bonds. The first kappa shape index (κ1) is 20.5. The summed E-state index contributed by atoms with van der Waals surface area (Å²) in [6.45, 7) is 11.0. The zero-order chi connectivity index (χ0) is 20.9. The van der Waals surface area contributed by atoms with Gasteiger partial charge in [0, 0.05) is 6.54 Å². The van der Waals surface area contributed by atoms with Crippen LogP contribution in [0.15, 0.2) is 24.3 Å². The van der Waals surface area contributed by atoms with E-state index in [9.17, 15) is 19.5 Å². The van der Waals surface area contributed by atoms with Gasteiger partial charge in [0.1, 0.15) is 0 Å². The second-order valence-electron chi connectivity index (χ2n) is 9.09. The molecule has 7 nitrogen and oxygen atoms in total. The van der Waals surface area contributed by atoms with Crippen LogP contribution in [0.3, 0.4) is 0 Å². The summed E-state index contributed by atoms with van der Waals surface area (Å²) in [7, 11) is -2.05. The average molecular weight is 405 g/mol. The van der Waals surface area contributed by atoms with Crippen LogP contribution < -0.4 is 0 Å². The van der Waals surface area contributed by atoms with Crippen molar-refractivity contribution in [2.24, 2.45) is 0 Å². The maximum absolute atomic E-state index is 12.6. The summed E-state index contributed by atoms with van der Waals surface area (Å²) in [5.41, 5.74) is 0.753. The van der Waals surface area contributed by atoms with Crippen LogP contribution in [0.5, 0.6) is 0 Å². The van der Waals surface area contributed by atoms with Gasteiger partial charge in [0.15, 0.2) is 8.32 Å². The van der Waals surface area contributed by atoms with E-state index >= 15 is 0 Å². The Balaban J connectivity index is 1.76. The van der Waals surface area contributed by atoms with Crippen LogP contribution >= 0.6 is 0 Å². The number of carbonyl (C=O) groups excluding carboxylic acids is 2. The molecule has 1 N–H and O–H groups in total. The van der Waals surface area contributed by atoms with Crippen molar-refractivity contribution in [2.75, 3.05) is 13.1 Å². The maximum atomic E-state index is 12.6. The molecular weight excluding hydrogens is 376 g/mol. The maximum Gasteiger partial charge on any atom is 0.407 e. The molecule has 0 saturated carbocycles. The molecule has 2 atom stereocenters. The summed E-state index contributed by atoms with van der Waals surface area (Å²) in [4.78, 5) is 39.5. The van der Waals surface area contributed by atoms with Crippen molar-refractivity contribution in [1.29, 1.82) is 0 Å². The van der Waals surface area contributed by atoms with Gasteiger partial charge in [-0.25, -0.2) is 4.79 Å². The molecule has 3 rings (SSSR count). The van der Waals surface area contributed by atoms with Crippen molar-refractivity contribution in [3.05, 3.63) is 35.4 Å². The van der Waals surface area contributed by atoms with Gasteiger partial charge in [-0.2, -0.15) is 0 Å². The van der Waals surface area contributed by atoms with Crippen LogP contribution in [0.25, 0.3) is 0 Å². The van der Waals surface area contributed by atoms with Crippen molar-refractivity contribution < 1.29 is 23.9 Å². The normalized spacial score (nSPS) is 22.8. The highest BCUT2D eigenvalue weighted by molar-refractivity contribution is 6.74. The quantitative estimate of drug-likeness (QED) is 0.614. The molecule has 28 heavy (non-hydrogen) atoms. The van der Waals surface area contributed by atoms with Crippen LogP contribution in [0.1, 0.15) is 47.9 Å². The molecule has 1 fully saturated rings. The minimum Gasteiger partial charge on any atom is -0.465 e. The van der Waals surface area contributed by atoms with E-state index in [1.807, 2.05) is 0 Å². The highest BCUT2D eigenvalue weighted by atomic mass is 28.4. The highest BCUT2D eigenvalue weighted by Crippen LogP contribution is 2.39. The minimum absolute atomic E-state index is 0.0155. The predicted molar refractivity (Wildman–Crippen MR) is 107 cm³/mol. The van der Waals surface area contributed by atoms with E-state index in [-0.39, 0.29) is 36.0 Å². The van der Waals surface area contributed by atoms with Crippen LogP contribution in [0.2, 0.25) is 18.1 Å². The number of likely N-dealkylation sites (tertiary alicyclic amines) is 1. The predicted octanol–water partition coefficient (Wildman–Crippen LogP) is 3.43. The van der Waals surface area contributed by atoms with Gasteiger partial charge in [-0.15, -0.1) is 0 Å². The number of carbonyl (C=O) groups is 3. The van der Waals surface area contributed by atoms with Gasteiger partial charge in [-0.05, 0) is 36.7 Å².